The fraction of sp³-hybridized carbons (Fsp3) is 0.200. The minimum absolute atomic E-state index is 0.116. The van der Waals surface area contributed by atoms with Gasteiger partial charge in [-0.1, -0.05) is 6.92 Å². The van der Waals surface area contributed by atoms with Gasteiger partial charge in [-0.05, 0) is 42.5 Å². The molecule has 5 aromatic rings. The standard InChI is InChI=1S/C25H17F7N6O2S/c1-3-41(39,40)19-8-15(38-17(10-21(36-38)25(30,31)32)13-4-6-14(26)7-5-13)11-34-22(19)23-35-16-9-20(24(27,28)29)33-12-18(16)37(23)2/h4-12H,3H2,1-2H3. The quantitative estimate of drug-likeness (QED) is 0.236. The number of aryl methyl sites for hydroxylation is 1. The molecule has 0 saturated heterocycles. The molecule has 0 fully saturated rings. The zero-order valence-corrected chi connectivity index (χ0v) is 21.8. The first-order chi connectivity index (χ1) is 19.1. The topological polar surface area (TPSA) is 95.6 Å². The minimum atomic E-state index is -4.86. The number of hydrogen-bond acceptors (Lipinski definition) is 6. The van der Waals surface area contributed by atoms with Crippen molar-refractivity contribution in [3.63, 3.8) is 0 Å². The monoisotopic (exact) mass is 598 g/mol. The average Bonchev–Trinajstić information content (AvgIpc) is 3.50. The van der Waals surface area contributed by atoms with Gasteiger partial charge >= 0.3 is 12.4 Å². The third kappa shape index (κ3) is 5.14. The zero-order valence-electron chi connectivity index (χ0n) is 21.0. The van der Waals surface area contributed by atoms with Crippen molar-refractivity contribution in [2.45, 2.75) is 24.2 Å². The molecule has 4 heterocycles. The number of pyridine rings is 2. The largest absolute Gasteiger partial charge is 0.435 e. The second kappa shape index (κ2) is 9.64. The summed E-state index contributed by atoms with van der Waals surface area (Å²) < 4.78 is 122. The summed E-state index contributed by atoms with van der Waals surface area (Å²) in [5, 5.41) is 3.61. The molecule has 0 spiro atoms. The molecular weight excluding hydrogens is 581 g/mol. The first-order valence-corrected chi connectivity index (χ1v) is 13.3. The van der Waals surface area contributed by atoms with Gasteiger partial charge in [0.05, 0.1) is 45.5 Å². The van der Waals surface area contributed by atoms with E-state index in [1.807, 2.05) is 0 Å². The van der Waals surface area contributed by atoms with Crippen LogP contribution in [0.25, 0.3) is 39.5 Å². The van der Waals surface area contributed by atoms with Gasteiger partial charge in [0.1, 0.15) is 17.2 Å². The molecule has 8 nitrogen and oxygen atoms in total. The molecule has 1 aromatic carbocycles. The normalized spacial score (nSPS) is 12.8. The molecule has 0 radical (unpaired) electrons. The van der Waals surface area contributed by atoms with Crippen LogP contribution in [-0.2, 0) is 29.2 Å². The number of halogens is 7. The highest BCUT2D eigenvalue weighted by molar-refractivity contribution is 7.91. The number of rotatable bonds is 5. The highest BCUT2D eigenvalue weighted by Gasteiger charge is 2.36. The van der Waals surface area contributed by atoms with E-state index in [1.165, 1.54) is 30.7 Å². The lowest BCUT2D eigenvalue weighted by Crippen LogP contribution is -2.12. The van der Waals surface area contributed by atoms with Crippen LogP contribution in [0.3, 0.4) is 0 Å². The van der Waals surface area contributed by atoms with Crippen molar-refractivity contribution in [2.75, 3.05) is 5.75 Å². The SMILES string of the molecule is CCS(=O)(=O)c1cc(-n2nc(C(F)(F)F)cc2-c2ccc(F)cc2)cnc1-c1nc2cc(C(F)(F)F)ncc2n1C. The van der Waals surface area contributed by atoms with Crippen LogP contribution in [0.5, 0.6) is 0 Å². The van der Waals surface area contributed by atoms with Crippen LogP contribution >= 0.6 is 0 Å². The highest BCUT2D eigenvalue weighted by Crippen LogP contribution is 2.36. The van der Waals surface area contributed by atoms with E-state index in [4.69, 9.17) is 0 Å². The van der Waals surface area contributed by atoms with E-state index in [9.17, 15) is 39.2 Å². The van der Waals surface area contributed by atoms with Crippen LogP contribution < -0.4 is 0 Å². The van der Waals surface area contributed by atoms with Crippen LogP contribution in [0.2, 0.25) is 0 Å². The molecule has 0 amide bonds. The molecule has 0 aliphatic carbocycles. The fourth-order valence-electron chi connectivity index (χ4n) is 4.11. The Hall–Kier alpha value is -4.34. The Morgan fingerprint density at radius 3 is 2.15 bits per heavy atom. The van der Waals surface area contributed by atoms with Gasteiger partial charge in [-0.2, -0.15) is 31.4 Å². The van der Waals surface area contributed by atoms with Crippen molar-refractivity contribution in [1.82, 2.24) is 29.3 Å². The molecule has 5 rings (SSSR count). The summed E-state index contributed by atoms with van der Waals surface area (Å²) >= 11 is 0. The first kappa shape index (κ1) is 28.2. The van der Waals surface area contributed by atoms with Gasteiger partial charge in [0, 0.05) is 12.6 Å². The summed E-state index contributed by atoms with van der Waals surface area (Å²) in [6, 6.07) is 7.04. The Bertz CT molecular complexity index is 1890. The van der Waals surface area contributed by atoms with Crippen LogP contribution in [0.15, 0.2) is 59.8 Å². The van der Waals surface area contributed by atoms with E-state index in [0.717, 1.165) is 41.3 Å². The first-order valence-electron chi connectivity index (χ1n) is 11.7. The van der Waals surface area contributed by atoms with Crippen molar-refractivity contribution >= 4 is 20.9 Å². The van der Waals surface area contributed by atoms with E-state index in [-0.39, 0.29) is 39.5 Å². The summed E-state index contributed by atoms with van der Waals surface area (Å²) in [5.74, 6) is -1.18. The number of aromatic nitrogens is 6. The summed E-state index contributed by atoms with van der Waals surface area (Å²) in [6.45, 7) is 1.33. The van der Waals surface area contributed by atoms with Crippen LogP contribution in [0.4, 0.5) is 30.7 Å². The molecule has 41 heavy (non-hydrogen) atoms. The van der Waals surface area contributed by atoms with Gasteiger partial charge in [0.25, 0.3) is 0 Å². The molecule has 4 aromatic heterocycles. The van der Waals surface area contributed by atoms with Crippen LogP contribution in [-0.4, -0.2) is 43.5 Å². The lowest BCUT2D eigenvalue weighted by atomic mass is 10.1. The van der Waals surface area contributed by atoms with Crippen molar-refractivity contribution in [2.24, 2.45) is 7.05 Å². The second-order valence-corrected chi connectivity index (χ2v) is 11.1. The highest BCUT2D eigenvalue weighted by atomic mass is 32.2. The smallest absolute Gasteiger partial charge is 0.324 e. The fourth-order valence-corrected chi connectivity index (χ4v) is 5.16. The van der Waals surface area contributed by atoms with E-state index in [2.05, 4.69) is 20.1 Å². The molecular formula is C25H17F7N6O2S. The number of imidazole rings is 1. The molecule has 0 unspecified atom stereocenters. The predicted molar refractivity (Wildman–Crippen MR) is 132 cm³/mol. The van der Waals surface area contributed by atoms with E-state index >= 15 is 0 Å². The number of fused-ring (bicyclic) bond motifs is 1. The van der Waals surface area contributed by atoms with Gasteiger partial charge in [0.2, 0.25) is 0 Å². The maximum atomic E-state index is 13.6. The Balaban J connectivity index is 1.74. The lowest BCUT2D eigenvalue weighted by Gasteiger charge is -2.13. The van der Waals surface area contributed by atoms with Crippen LogP contribution in [0.1, 0.15) is 18.3 Å². The molecule has 16 heteroatoms. The molecule has 0 atom stereocenters. The zero-order chi connectivity index (χ0) is 29.9. The van der Waals surface area contributed by atoms with Crippen molar-refractivity contribution in [1.29, 1.82) is 0 Å². The summed E-state index contributed by atoms with van der Waals surface area (Å²) in [7, 11) is -2.70. The summed E-state index contributed by atoms with van der Waals surface area (Å²) in [6.07, 6.45) is -7.61. The van der Waals surface area contributed by atoms with Crippen molar-refractivity contribution < 1.29 is 39.2 Å². The van der Waals surface area contributed by atoms with E-state index < -0.39 is 50.0 Å². The lowest BCUT2D eigenvalue weighted by molar-refractivity contribution is -0.142. The third-order valence-electron chi connectivity index (χ3n) is 6.21. The number of sulfone groups is 1. The van der Waals surface area contributed by atoms with Gasteiger partial charge in [0.15, 0.2) is 21.4 Å². The average molecular weight is 599 g/mol. The molecule has 0 bridgehead atoms. The maximum absolute atomic E-state index is 13.6. The number of benzene rings is 1. The summed E-state index contributed by atoms with van der Waals surface area (Å²) in [5.41, 5.74) is -2.85. The Labute approximate surface area is 227 Å². The third-order valence-corrected chi connectivity index (χ3v) is 7.95. The Kier molecular flexibility index (Phi) is 6.63. The summed E-state index contributed by atoms with van der Waals surface area (Å²) in [4.78, 5) is 11.3. The minimum Gasteiger partial charge on any atom is -0.324 e. The van der Waals surface area contributed by atoms with Gasteiger partial charge in [-0.15, -0.1) is 0 Å². The maximum Gasteiger partial charge on any atom is 0.435 e. The van der Waals surface area contributed by atoms with E-state index in [1.54, 1.807) is 0 Å². The van der Waals surface area contributed by atoms with Gasteiger partial charge in [-0.25, -0.2) is 32.4 Å². The Morgan fingerprint density at radius 1 is 0.878 bits per heavy atom. The molecule has 0 saturated carbocycles. The Morgan fingerprint density at radius 2 is 1.54 bits per heavy atom. The molecule has 0 N–H and O–H groups in total. The second-order valence-electron chi connectivity index (χ2n) is 8.83. The van der Waals surface area contributed by atoms with Gasteiger partial charge < -0.3 is 4.57 Å². The predicted octanol–water partition coefficient (Wildman–Crippen LogP) is 5.85. The van der Waals surface area contributed by atoms with E-state index in [0.29, 0.717) is 6.07 Å². The van der Waals surface area contributed by atoms with Crippen LogP contribution in [0, 0.1) is 5.82 Å². The molecule has 214 valence electrons. The number of hydrogen-bond donors (Lipinski definition) is 0. The molecule has 0 aliphatic rings. The van der Waals surface area contributed by atoms with Crippen molar-refractivity contribution in [3.8, 4) is 28.5 Å². The number of alkyl halides is 6. The molecule has 0 aliphatic heterocycles. The number of nitrogens with zero attached hydrogens (tertiary/aromatic N) is 6. The van der Waals surface area contributed by atoms with Crippen molar-refractivity contribution in [3.05, 3.63) is 72.1 Å². The van der Waals surface area contributed by atoms with Gasteiger partial charge in [-0.3, -0.25) is 0 Å².